The molecule has 3 aromatic carbocycles. The Labute approximate surface area is 181 Å². The second-order valence-corrected chi connectivity index (χ2v) is 8.64. The highest BCUT2D eigenvalue weighted by Gasteiger charge is 2.24. The number of rotatable bonds is 4. The van der Waals surface area contributed by atoms with Crippen LogP contribution in [0.25, 0.3) is 39.0 Å². The van der Waals surface area contributed by atoms with E-state index in [1.165, 1.54) is 23.3 Å². The number of benzene rings is 3. The molecule has 0 aliphatic carbocycles. The van der Waals surface area contributed by atoms with Gasteiger partial charge in [0.1, 0.15) is 22.8 Å². The molecule has 0 radical (unpaired) electrons. The third-order valence-corrected chi connectivity index (χ3v) is 5.89. The smallest absolute Gasteiger partial charge is 0.144 e. The highest BCUT2D eigenvalue weighted by atomic mass is 19.1. The number of aromatic nitrogens is 2. The Balaban J connectivity index is 1.88. The summed E-state index contributed by atoms with van der Waals surface area (Å²) in [5.41, 5.74) is 6.21. The van der Waals surface area contributed by atoms with Crippen LogP contribution in [0.2, 0.25) is 0 Å². The van der Waals surface area contributed by atoms with E-state index in [1.807, 2.05) is 18.3 Å². The fraction of sp³-hybridized carbons (Fsp3) is 0.222. The summed E-state index contributed by atoms with van der Waals surface area (Å²) in [6.45, 7) is 8.82. The Kier molecular flexibility index (Phi) is 4.66. The Morgan fingerprint density at radius 1 is 0.903 bits per heavy atom. The van der Waals surface area contributed by atoms with E-state index in [0.717, 1.165) is 39.0 Å². The number of nitrogens with zero attached hydrogens (tertiary/aromatic N) is 2. The van der Waals surface area contributed by atoms with Crippen LogP contribution >= 0.6 is 0 Å². The summed E-state index contributed by atoms with van der Waals surface area (Å²) in [6.07, 6.45) is 3.79. The third-order valence-electron chi connectivity index (χ3n) is 5.89. The molecule has 0 saturated carbocycles. The van der Waals surface area contributed by atoms with Gasteiger partial charge in [-0.1, -0.05) is 45.9 Å². The average molecular weight is 413 g/mol. The van der Waals surface area contributed by atoms with Gasteiger partial charge in [-0.3, -0.25) is 4.57 Å². The fourth-order valence-corrected chi connectivity index (χ4v) is 4.44. The number of halogens is 1. The van der Waals surface area contributed by atoms with Crippen molar-refractivity contribution in [1.82, 2.24) is 9.55 Å². The minimum atomic E-state index is -0.253. The van der Waals surface area contributed by atoms with Crippen LogP contribution in [-0.4, -0.2) is 9.55 Å². The largest absolute Gasteiger partial charge is 0.456 e. The van der Waals surface area contributed by atoms with Crippen LogP contribution in [-0.2, 0) is 0 Å². The predicted octanol–water partition coefficient (Wildman–Crippen LogP) is 7.82. The first-order valence-corrected chi connectivity index (χ1v) is 10.7. The summed E-state index contributed by atoms with van der Waals surface area (Å²) in [4.78, 5) is 4.63. The maximum absolute atomic E-state index is 13.5. The van der Waals surface area contributed by atoms with Gasteiger partial charge in [-0.15, -0.1) is 0 Å². The molecule has 0 unspecified atom stereocenters. The van der Waals surface area contributed by atoms with Crippen molar-refractivity contribution in [3.63, 3.8) is 0 Å². The Morgan fingerprint density at radius 2 is 1.65 bits per heavy atom. The lowest BCUT2D eigenvalue weighted by atomic mass is 9.89. The summed E-state index contributed by atoms with van der Waals surface area (Å²) >= 11 is 0. The normalized spacial score (nSPS) is 12.0. The molecule has 3 nitrogen and oxygen atoms in total. The van der Waals surface area contributed by atoms with Crippen LogP contribution in [0, 0.1) is 5.82 Å². The van der Waals surface area contributed by atoms with Gasteiger partial charge in [0.2, 0.25) is 0 Å². The van der Waals surface area contributed by atoms with Crippen molar-refractivity contribution in [1.29, 1.82) is 0 Å². The van der Waals surface area contributed by atoms with Gasteiger partial charge in [-0.25, -0.2) is 9.37 Å². The average Bonchev–Trinajstić information content (AvgIpc) is 3.37. The monoisotopic (exact) mass is 412 g/mol. The first-order valence-electron chi connectivity index (χ1n) is 10.7. The van der Waals surface area contributed by atoms with Crippen molar-refractivity contribution < 1.29 is 8.81 Å². The van der Waals surface area contributed by atoms with Crippen molar-refractivity contribution in [2.75, 3.05) is 0 Å². The van der Waals surface area contributed by atoms with Gasteiger partial charge in [0.05, 0.1) is 5.69 Å². The summed E-state index contributed by atoms with van der Waals surface area (Å²) in [6, 6.07) is 17.0. The molecule has 0 bridgehead atoms. The maximum Gasteiger partial charge on any atom is 0.144 e. The SMILES string of the molecule is CC(C)c1cc2c(oc3ccccc32)c(C(C)C)c1-n1ccnc1-c1ccc(F)cc1. The maximum atomic E-state index is 13.5. The zero-order valence-corrected chi connectivity index (χ0v) is 18.2. The fourth-order valence-electron chi connectivity index (χ4n) is 4.44. The number of hydrogen-bond acceptors (Lipinski definition) is 2. The van der Waals surface area contributed by atoms with E-state index in [0.29, 0.717) is 5.92 Å². The lowest BCUT2D eigenvalue weighted by Gasteiger charge is -2.22. The molecule has 156 valence electrons. The van der Waals surface area contributed by atoms with E-state index in [9.17, 15) is 4.39 Å². The van der Waals surface area contributed by atoms with Gasteiger partial charge in [0.15, 0.2) is 0 Å². The molecule has 0 saturated heterocycles. The van der Waals surface area contributed by atoms with Crippen LogP contribution < -0.4 is 0 Å². The van der Waals surface area contributed by atoms with Crippen LogP contribution in [0.3, 0.4) is 0 Å². The van der Waals surface area contributed by atoms with E-state index >= 15 is 0 Å². The number of hydrogen-bond donors (Lipinski definition) is 0. The van der Waals surface area contributed by atoms with Crippen molar-refractivity contribution in [3.8, 4) is 17.1 Å². The van der Waals surface area contributed by atoms with Crippen molar-refractivity contribution in [2.24, 2.45) is 0 Å². The predicted molar refractivity (Wildman–Crippen MR) is 124 cm³/mol. The molecule has 0 N–H and O–H groups in total. The van der Waals surface area contributed by atoms with Crippen LogP contribution in [0.1, 0.15) is 50.7 Å². The summed E-state index contributed by atoms with van der Waals surface area (Å²) in [5, 5.41) is 2.28. The van der Waals surface area contributed by atoms with Crippen molar-refractivity contribution in [3.05, 3.63) is 83.9 Å². The molecule has 0 aliphatic heterocycles. The van der Waals surface area contributed by atoms with Gasteiger partial charge in [-0.2, -0.15) is 0 Å². The van der Waals surface area contributed by atoms with Crippen LogP contribution in [0.4, 0.5) is 4.39 Å². The Morgan fingerprint density at radius 3 is 2.35 bits per heavy atom. The van der Waals surface area contributed by atoms with E-state index in [1.54, 1.807) is 18.3 Å². The number of fused-ring (bicyclic) bond motifs is 3. The summed E-state index contributed by atoms with van der Waals surface area (Å²) < 4.78 is 22.1. The second-order valence-electron chi connectivity index (χ2n) is 8.64. The molecule has 2 heterocycles. The molecule has 0 spiro atoms. The molecule has 5 aromatic rings. The third kappa shape index (κ3) is 3.14. The molecule has 4 heteroatoms. The number of imidazole rings is 1. The molecule has 31 heavy (non-hydrogen) atoms. The molecular formula is C27H25FN2O. The van der Waals surface area contributed by atoms with Gasteiger partial charge < -0.3 is 4.42 Å². The standard InChI is InChI=1S/C27H25FN2O/c1-16(2)21-15-22-20-7-5-6-8-23(20)31-26(22)24(17(3)4)25(21)30-14-13-29-27(30)18-9-11-19(28)12-10-18/h5-17H,1-4H3. The summed E-state index contributed by atoms with van der Waals surface area (Å²) in [5.74, 6) is 1.07. The van der Waals surface area contributed by atoms with Gasteiger partial charge >= 0.3 is 0 Å². The Hall–Kier alpha value is -3.40. The van der Waals surface area contributed by atoms with Gasteiger partial charge in [0, 0.05) is 34.3 Å². The van der Waals surface area contributed by atoms with Gasteiger partial charge in [-0.05, 0) is 53.8 Å². The van der Waals surface area contributed by atoms with E-state index in [-0.39, 0.29) is 11.7 Å². The zero-order chi connectivity index (χ0) is 21.7. The van der Waals surface area contributed by atoms with Crippen molar-refractivity contribution in [2.45, 2.75) is 39.5 Å². The first kappa shape index (κ1) is 19.6. The lowest BCUT2D eigenvalue weighted by Crippen LogP contribution is -2.08. The number of furan rings is 1. The molecule has 0 fully saturated rings. The molecule has 2 aromatic heterocycles. The van der Waals surface area contributed by atoms with Crippen LogP contribution in [0.15, 0.2) is 71.4 Å². The molecule has 5 rings (SSSR count). The topological polar surface area (TPSA) is 31.0 Å². The quantitative estimate of drug-likeness (QED) is 0.301. The van der Waals surface area contributed by atoms with E-state index in [4.69, 9.17) is 4.42 Å². The zero-order valence-electron chi connectivity index (χ0n) is 18.2. The lowest BCUT2D eigenvalue weighted by molar-refractivity contribution is 0.628. The molecule has 0 atom stereocenters. The molecule has 0 amide bonds. The minimum absolute atomic E-state index is 0.236. The Bertz CT molecular complexity index is 1390. The second kappa shape index (κ2) is 7.38. The minimum Gasteiger partial charge on any atom is -0.456 e. The highest BCUT2D eigenvalue weighted by Crippen LogP contribution is 2.42. The van der Waals surface area contributed by atoms with Crippen molar-refractivity contribution >= 4 is 21.9 Å². The van der Waals surface area contributed by atoms with E-state index in [2.05, 4.69) is 55.4 Å². The van der Waals surface area contributed by atoms with E-state index < -0.39 is 0 Å². The first-order chi connectivity index (χ1) is 15.0. The molecular weight excluding hydrogens is 387 g/mol. The molecule has 0 aliphatic rings. The summed E-state index contributed by atoms with van der Waals surface area (Å²) in [7, 11) is 0. The number of para-hydroxylation sites is 1. The van der Waals surface area contributed by atoms with Gasteiger partial charge in [0.25, 0.3) is 0 Å². The van der Waals surface area contributed by atoms with Crippen LogP contribution in [0.5, 0.6) is 0 Å². The highest BCUT2D eigenvalue weighted by molar-refractivity contribution is 6.07.